The van der Waals surface area contributed by atoms with Crippen LogP contribution < -0.4 is 4.72 Å². The van der Waals surface area contributed by atoms with E-state index in [9.17, 15) is 8.42 Å². The van der Waals surface area contributed by atoms with Crippen molar-refractivity contribution in [1.82, 2.24) is 19.9 Å². The highest BCUT2D eigenvalue weighted by molar-refractivity contribution is 7.89. The molecule has 108 valence electrons. The zero-order valence-corrected chi connectivity index (χ0v) is 12.0. The van der Waals surface area contributed by atoms with Crippen molar-refractivity contribution in [2.45, 2.75) is 31.4 Å². The van der Waals surface area contributed by atoms with Crippen molar-refractivity contribution in [3.05, 3.63) is 41.5 Å². The normalized spacial score (nSPS) is 13.3. The van der Waals surface area contributed by atoms with Gasteiger partial charge in [0, 0.05) is 6.20 Å². The minimum Gasteiger partial charge on any atom is -0.390 e. The number of rotatable bonds is 5. The second kappa shape index (κ2) is 5.70. The van der Waals surface area contributed by atoms with Gasteiger partial charge in [-0.15, -0.1) is 0 Å². The van der Waals surface area contributed by atoms with E-state index in [0.29, 0.717) is 11.4 Å². The van der Waals surface area contributed by atoms with Gasteiger partial charge in [-0.2, -0.15) is 5.10 Å². The molecule has 0 amide bonds. The molecule has 0 saturated heterocycles. The summed E-state index contributed by atoms with van der Waals surface area (Å²) in [6.07, 6.45) is 1.60. The zero-order valence-electron chi connectivity index (χ0n) is 11.2. The fourth-order valence-corrected chi connectivity index (χ4v) is 3.49. The summed E-state index contributed by atoms with van der Waals surface area (Å²) in [4.78, 5) is 4.10. The smallest absolute Gasteiger partial charge is 0.244 e. The first-order valence-electron chi connectivity index (χ1n) is 6.03. The number of aryl methyl sites for hydroxylation is 1. The summed E-state index contributed by atoms with van der Waals surface area (Å²) < 4.78 is 27.3. The molecule has 2 aromatic rings. The molecule has 0 aliphatic rings. The Morgan fingerprint density at radius 1 is 1.45 bits per heavy atom. The van der Waals surface area contributed by atoms with Crippen molar-refractivity contribution in [2.24, 2.45) is 0 Å². The number of H-pyrrole nitrogens is 1. The van der Waals surface area contributed by atoms with Crippen LogP contribution >= 0.6 is 0 Å². The van der Waals surface area contributed by atoms with Crippen molar-refractivity contribution < 1.29 is 13.5 Å². The van der Waals surface area contributed by atoms with Crippen molar-refractivity contribution in [3.63, 3.8) is 0 Å². The number of aromatic amines is 1. The Hall–Kier alpha value is -1.77. The number of aliphatic hydroxyl groups excluding tert-OH is 1. The molecule has 0 aliphatic carbocycles. The highest BCUT2D eigenvalue weighted by Gasteiger charge is 2.26. The molecule has 0 spiro atoms. The molecule has 0 fully saturated rings. The summed E-state index contributed by atoms with van der Waals surface area (Å²) in [6.45, 7) is 2.85. The standard InChI is InChI=1S/C12H16N4O3S/c1-8(10-5-3-4-6-13-10)16-20(18,19)12-9(2)14-15-11(12)7-17/h3-6,8,16-17H,7H2,1-2H3,(H,14,15). The summed E-state index contributed by atoms with van der Waals surface area (Å²) in [5.74, 6) is 0. The molecular formula is C12H16N4O3S. The van der Waals surface area contributed by atoms with E-state index in [1.165, 1.54) is 0 Å². The SMILES string of the molecule is Cc1[nH]nc(CO)c1S(=O)(=O)NC(C)c1ccccn1. The Morgan fingerprint density at radius 2 is 2.20 bits per heavy atom. The molecule has 2 heterocycles. The highest BCUT2D eigenvalue weighted by Crippen LogP contribution is 2.20. The Balaban J connectivity index is 2.30. The van der Waals surface area contributed by atoms with Crippen LogP contribution in [0.2, 0.25) is 0 Å². The highest BCUT2D eigenvalue weighted by atomic mass is 32.2. The molecule has 2 aromatic heterocycles. The summed E-state index contributed by atoms with van der Waals surface area (Å²) in [5, 5.41) is 15.5. The van der Waals surface area contributed by atoms with Gasteiger partial charge in [0.05, 0.1) is 24.0 Å². The van der Waals surface area contributed by atoms with Crippen LogP contribution in [-0.4, -0.2) is 28.7 Å². The lowest BCUT2D eigenvalue weighted by atomic mass is 10.2. The summed E-state index contributed by atoms with van der Waals surface area (Å²) in [6, 6.07) is 4.80. The Bertz CT molecular complexity index is 682. The molecule has 8 heteroatoms. The summed E-state index contributed by atoms with van der Waals surface area (Å²) >= 11 is 0. The number of hydrogen-bond donors (Lipinski definition) is 3. The van der Waals surface area contributed by atoms with Crippen molar-refractivity contribution >= 4 is 10.0 Å². The van der Waals surface area contributed by atoms with Crippen molar-refractivity contribution in [3.8, 4) is 0 Å². The average Bonchev–Trinajstić information content (AvgIpc) is 2.81. The van der Waals surface area contributed by atoms with E-state index < -0.39 is 22.7 Å². The van der Waals surface area contributed by atoms with Gasteiger partial charge in [-0.3, -0.25) is 10.1 Å². The molecule has 0 aromatic carbocycles. The van der Waals surface area contributed by atoms with Crippen LogP contribution in [0.1, 0.15) is 30.0 Å². The maximum Gasteiger partial charge on any atom is 0.244 e. The maximum absolute atomic E-state index is 12.4. The first-order chi connectivity index (χ1) is 9.45. The molecule has 3 N–H and O–H groups in total. The Kier molecular flexibility index (Phi) is 4.17. The lowest BCUT2D eigenvalue weighted by Gasteiger charge is -2.14. The van der Waals surface area contributed by atoms with E-state index >= 15 is 0 Å². The van der Waals surface area contributed by atoms with Crippen LogP contribution in [0.25, 0.3) is 0 Å². The third-order valence-corrected chi connectivity index (χ3v) is 4.59. The minimum atomic E-state index is -3.78. The predicted octanol–water partition coefficient (Wildman–Crippen LogP) is 0.645. The summed E-state index contributed by atoms with van der Waals surface area (Å²) in [5.41, 5.74) is 1.10. The largest absolute Gasteiger partial charge is 0.390 e. The maximum atomic E-state index is 12.4. The van der Waals surface area contributed by atoms with Crippen molar-refractivity contribution in [2.75, 3.05) is 0 Å². The number of sulfonamides is 1. The Labute approximate surface area is 117 Å². The van der Waals surface area contributed by atoms with Gasteiger partial charge in [0.1, 0.15) is 10.6 Å². The molecule has 0 aliphatic heterocycles. The van der Waals surface area contributed by atoms with Gasteiger partial charge in [0.2, 0.25) is 10.0 Å². The minimum absolute atomic E-state index is 0.0113. The van der Waals surface area contributed by atoms with Gasteiger partial charge >= 0.3 is 0 Å². The van der Waals surface area contributed by atoms with E-state index in [1.54, 1.807) is 38.2 Å². The topological polar surface area (TPSA) is 108 Å². The number of nitrogens with zero attached hydrogens (tertiary/aromatic N) is 2. The van der Waals surface area contributed by atoms with E-state index in [1.807, 2.05) is 0 Å². The van der Waals surface area contributed by atoms with Crippen LogP contribution in [0.4, 0.5) is 0 Å². The third-order valence-electron chi connectivity index (χ3n) is 2.84. The fraction of sp³-hybridized carbons (Fsp3) is 0.333. The van der Waals surface area contributed by atoms with Crippen LogP contribution in [0.3, 0.4) is 0 Å². The second-order valence-electron chi connectivity index (χ2n) is 4.38. The first-order valence-corrected chi connectivity index (χ1v) is 7.52. The number of aliphatic hydroxyl groups is 1. The van der Waals surface area contributed by atoms with Gasteiger partial charge < -0.3 is 5.11 Å². The van der Waals surface area contributed by atoms with Crippen LogP contribution in [0.15, 0.2) is 29.3 Å². The number of aromatic nitrogens is 3. The van der Waals surface area contributed by atoms with Gasteiger partial charge in [-0.25, -0.2) is 13.1 Å². The molecule has 2 rings (SSSR count). The molecule has 0 saturated carbocycles. The van der Waals surface area contributed by atoms with E-state index in [0.717, 1.165) is 0 Å². The molecule has 1 unspecified atom stereocenters. The predicted molar refractivity (Wildman–Crippen MR) is 72.2 cm³/mol. The van der Waals surface area contributed by atoms with Gasteiger partial charge in [-0.05, 0) is 26.0 Å². The van der Waals surface area contributed by atoms with E-state index in [-0.39, 0.29) is 10.6 Å². The van der Waals surface area contributed by atoms with Crippen LogP contribution in [0.5, 0.6) is 0 Å². The molecule has 0 bridgehead atoms. The molecular weight excluding hydrogens is 280 g/mol. The number of hydrogen-bond acceptors (Lipinski definition) is 5. The first kappa shape index (κ1) is 14.6. The van der Waals surface area contributed by atoms with Crippen LogP contribution in [0, 0.1) is 6.92 Å². The Morgan fingerprint density at radius 3 is 2.80 bits per heavy atom. The van der Waals surface area contributed by atoms with Crippen LogP contribution in [-0.2, 0) is 16.6 Å². The summed E-state index contributed by atoms with van der Waals surface area (Å²) in [7, 11) is -3.78. The lowest BCUT2D eigenvalue weighted by molar-refractivity contribution is 0.273. The molecule has 7 nitrogen and oxygen atoms in total. The van der Waals surface area contributed by atoms with E-state index in [4.69, 9.17) is 5.11 Å². The second-order valence-corrected chi connectivity index (χ2v) is 6.03. The molecule has 0 radical (unpaired) electrons. The van der Waals surface area contributed by atoms with Gasteiger partial charge in [0.15, 0.2) is 0 Å². The number of pyridine rings is 1. The van der Waals surface area contributed by atoms with Gasteiger partial charge in [-0.1, -0.05) is 6.07 Å². The molecule has 1 atom stereocenters. The third kappa shape index (κ3) is 2.87. The lowest BCUT2D eigenvalue weighted by Crippen LogP contribution is -2.28. The van der Waals surface area contributed by atoms with Gasteiger partial charge in [0.25, 0.3) is 0 Å². The average molecular weight is 296 g/mol. The number of nitrogens with one attached hydrogen (secondary N) is 2. The van der Waals surface area contributed by atoms with E-state index in [2.05, 4.69) is 19.9 Å². The molecule has 20 heavy (non-hydrogen) atoms. The van der Waals surface area contributed by atoms with Crippen molar-refractivity contribution in [1.29, 1.82) is 0 Å². The fourth-order valence-electron chi connectivity index (χ4n) is 1.92. The monoisotopic (exact) mass is 296 g/mol. The quantitative estimate of drug-likeness (QED) is 0.750. The zero-order chi connectivity index (χ0) is 14.8.